The molecule has 0 unspecified atom stereocenters. The van der Waals surface area contributed by atoms with Crippen LogP contribution in [0.4, 0.5) is 4.39 Å². The van der Waals surface area contributed by atoms with E-state index in [1.165, 1.54) is 25.3 Å². The largest absolute Gasteiger partial charge is 0.507 e. The van der Waals surface area contributed by atoms with Crippen LogP contribution in [0.5, 0.6) is 11.5 Å². The second-order valence-electron chi connectivity index (χ2n) is 4.30. The molecule has 0 saturated carbocycles. The minimum atomic E-state index is -0.488. The van der Waals surface area contributed by atoms with Crippen molar-refractivity contribution in [1.29, 1.82) is 0 Å². The third-order valence-electron chi connectivity index (χ3n) is 2.90. The van der Waals surface area contributed by atoms with Gasteiger partial charge in [-0.2, -0.15) is 0 Å². The first-order valence-electron chi connectivity index (χ1n) is 6.10. The van der Waals surface area contributed by atoms with Gasteiger partial charge in [0.1, 0.15) is 17.3 Å². The number of rotatable bonds is 4. The molecule has 6 heteroatoms. The normalized spacial score (nSPS) is 10.2. The Morgan fingerprint density at radius 3 is 2.71 bits per heavy atom. The van der Waals surface area contributed by atoms with E-state index in [0.717, 1.165) is 0 Å². The average molecular weight is 354 g/mol. The fraction of sp³-hybridized carbons (Fsp3) is 0.133. The van der Waals surface area contributed by atoms with E-state index in [1.54, 1.807) is 18.2 Å². The smallest absolute Gasteiger partial charge is 0.255 e. The molecule has 2 aromatic rings. The molecule has 0 heterocycles. The molecular weight excluding hydrogens is 341 g/mol. The van der Waals surface area contributed by atoms with Gasteiger partial charge in [0, 0.05) is 22.6 Å². The number of hydrogen-bond donors (Lipinski definition) is 2. The summed E-state index contributed by atoms with van der Waals surface area (Å²) in [7, 11) is 1.46. The van der Waals surface area contributed by atoms with Crippen molar-refractivity contribution in [1.82, 2.24) is 5.32 Å². The molecule has 0 aliphatic heterocycles. The topological polar surface area (TPSA) is 58.6 Å². The Hall–Kier alpha value is -2.08. The van der Waals surface area contributed by atoms with E-state index in [2.05, 4.69) is 21.2 Å². The minimum absolute atomic E-state index is 0.0312. The van der Waals surface area contributed by atoms with E-state index in [9.17, 15) is 14.3 Å². The number of carbonyl (C=O) groups is 1. The molecule has 2 rings (SSSR count). The maximum atomic E-state index is 13.6. The number of phenols is 1. The molecule has 1 amide bonds. The Balaban J connectivity index is 2.08. The Morgan fingerprint density at radius 2 is 2.10 bits per heavy atom. The molecule has 0 radical (unpaired) electrons. The lowest BCUT2D eigenvalue weighted by Gasteiger charge is -2.09. The first-order chi connectivity index (χ1) is 10.0. The highest BCUT2D eigenvalue weighted by molar-refractivity contribution is 9.10. The van der Waals surface area contributed by atoms with E-state index in [0.29, 0.717) is 15.8 Å². The van der Waals surface area contributed by atoms with Crippen molar-refractivity contribution < 1.29 is 19.0 Å². The SMILES string of the molecule is COc1ccc(C(=O)NCc2ccc(Br)cc2F)c(O)c1. The third-order valence-corrected chi connectivity index (χ3v) is 3.40. The van der Waals surface area contributed by atoms with Crippen LogP contribution in [-0.4, -0.2) is 18.1 Å². The van der Waals surface area contributed by atoms with Gasteiger partial charge in [-0.3, -0.25) is 4.79 Å². The number of methoxy groups -OCH3 is 1. The van der Waals surface area contributed by atoms with Gasteiger partial charge in [0.05, 0.1) is 12.7 Å². The van der Waals surface area contributed by atoms with Crippen LogP contribution in [0.2, 0.25) is 0 Å². The molecule has 0 aliphatic rings. The Kier molecular flexibility index (Phi) is 4.80. The number of aromatic hydroxyl groups is 1. The number of nitrogens with one attached hydrogen (secondary N) is 1. The van der Waals surface area contributed by atoms with Crippen LogP contribution in [0.3, 0.4) is 0 Å². The highest BCUT2D eigenvalue weighted by atomic mass is 79.9. The van der Waals surface area contributed by atoms with Crippen molar-refractivity contribution in [2.24, 2.45) is 0 Å². The Labute approximate surface area is 129 Å². The van der Waals surface area contributed by atoms with E-state index < -0.39 is 11.7 Å². The molecule has 4 nitrogen and oxygen atoms in total. The molecule has 2 N–H and O–H groups in total. The number of ether oxygens (including phenoxy) is 1. The van der Waals surface area contributed by atoms with Crippen LogP contribution >= 0.6 is 15.9 Å². The van der Waals surface area contributed by atoms with Crippen LogP contribution < -0.4 is 10.1 Å². The van der Waals surface area contributed by atoms with Crippen molar-refractivity contribution in [3.63, 3.8) is 0 Å². The molecular formula is C15H13BrFNO3. The lowest BCUT2D eigenvalue weighted by Crippen LogP contribution is -2.23. The average Bonchev–Trinajstić information content (AvgIpc) is 2.45. The summed E-state index contributed by atoms with van der Waals surface area (Å²) in [5.74, 6) is -0.646. The second kappa shape index (κ2) is 6.58. The van der Waals surface area contributed by atoms with Crippen LogP contribution in [0.1, 0.15) is 15.9 Å². The summed E-state index contributed by atoms with van der Waals surface area (Å²) >= 11 is 3.16. The van der Waals surface area contributed by atoms with Crippen molar-refractivity contribution in [3.05, 3.63) is 57.8 Å². The van der Waals surface area contributed by atoms with Crippen LogP contribution in [0.25, 0.3) is 0 Å². The second-order valence-corrected chi connectivity index (χ2v) is 5.22. The zero-order valence-electron chi connectivity index (χ0n) is 11.2. The van der Waals surface area contributed by atoms with Crippen molar-refractivity contribution in [2.75, 3.05) is 7.11 Å². The van der Waals surface area contributed by atoms with Crippen LogP contribution in [-0.2, 0) is 6.54 Å². The summed E-state index contributed by atoms with van der Waals surface area (Å²) in [5.41, 5.74) is 0.466. The summed E-state index contributed by atoms with van der Waals surface area (Å²) in [6.07, 6.45) is 0. The Morgan fingerprint density at radius 1 is 1.33 bits per heavy atom. The first-order valence-corrected chi connectivity index (χ1v) is 6.89. The molecule has 110 valence electrons. The van der Waals surface area contributed by atoms with E-state index in [1.807, 2.05) is 0 Å². The van der Waals surface area contributed by atoms with Gasteiger partial charge in [-0.25, -0.2) is 4.39 Å². The highest BCUT2D eigenvalue weighted by Crippen LogP contribution is 2.23. The number of phenolic OH excluding ortho intramolecular Hbond substituents is 1. The summed E-state index contributed by atoms with van der Waals surface area (Å²) in [6, 6.07) is 8.95. The van der Waals surface area contributed by atoms with Gasteiger partial charge in [-0.1, -0.05) is 22.0 Å². The summed E-state index contributed by atoms with van der Waals surface area (Å²) in [4.78, 5) is 12.0. The summed E-state index contributed by atoms with van der Waals surface area (Å²) in [6.45, 7) is 0.0312. The van der Waals surface area contributed by atoms with Gasteiger partial charge in [-0.05, 0) is 24.3 Å². The maximum Gasteiger partial charge on any atom is 0.255 e. The number of carbonyl (C=O) groups excluding carboxylic acids is 1. The molecule has 0 saturated heterocycles. The molecule has 2 aromatic carbocycles. The van der Waals surface area contributed by atoms with Gasteiger partial charge >= 0.3 is 0 Å². The number of benzene rings is 2. The molecule has 0 atom stereocenters. The van der Waals surface area contributed by atoms with Gasteiger partial charge < -0.3 is 15.2 Å². The molecule has 0 bridgehead atoms. The predicted octanol–water partition coefficient (Wildman–Crippen LogP) is 3.23. The number of halogens is 2. The molecule has 0 spiro atoms. The molecule has 0 aliphatic carbocycles. The van der Waals surface area contributed by atoms with Crippen LogP contribution in [0.15, 0.2) is 40.9 Å². The number of hydrogen-bond acceptors (Lipinski definition) is 3. The maximum absolute atomic E-state index is 13.6. The fourth-order valence-corrected chi connectivity index (χ4v) is 2.10. The first kappa shape index (κ1) is 15.3. The van der Waals surface area contributed by atoms with Crippen LogP contribution in [0, 0.1) is 5.82 Å². The third kappa shape index (κ3) is 3.72. The van der Waals surface area contributed by atoms with Crippen molar-refractivity contribution in [3.8, 4) is 11.5 Å². The molecule has 0 aromatic heterocycles. The zero-order valence-corrected chi connectivity index (χ0v) is 12.8. The zero-order chi connectivity index (χ0) is 15.4. The Bertz CT molecular complexity index is 676. The highest BCUT2D eigenvalue weighted by Gasteiger charge is 2.12. The van der Waals surface area contributed by atoms with Crippen molar-refractivity contribution >= 4 is 21.8 Å². The lowest BCUT2D eigenvalue weighted by atomic mass is 10.1. The van der Waals surface area contributed by atoms with Gasteiger partial charge in [0.25, 0.3) is 5.91 Å². The molecule has 0 fully saturated rings. The van der Waals surface area contributed by atoms with E-state index in [-0.39, 0.29) is 17.9 Å². The minimum Gasteiger partial charge on any atom is -0.507 e. The summed E-state index contributed by atoms with van der Waals surface area (Å²) in [5, 5.41) is 12.3. The monoisotopic (exact) mass is 353 g/mol. The van der Waals surface area contributed by atoms with E-state index in [4.69, 9.17) is 4.74 Å². The standard InChI is InChI=1S/C15H13BrFNO3/c1-21-11-4-5-12(14(19)7-11)15(20)18-8-9-2-3-10(16)6-13(9)17/h2-7,19H,8H2,1H3,(H,18,20). The van der Waals surface area contributed by atoms with Crippen molar-refractivity contribution in [2.45, 2.75) is 6.54 Å². The molecule has 21 heavy (non-hydrogen) atoms. The predicted molar refractivity (Wildman–Crippen MR) is 79.9 cm³/mol. The lowest BCUT2D eigenvalue weighted by molar-refractivity contribution is 0.0948. The van der Waals surface area contributed by atoms with Gasteiger partial charge in [-0.15, -0.1) is 0 Å². The fourth-order valence-electron chi connectivity index (χ4n) is 1.77. The van der Waals surface area contributed by atoms with Gasteiger partial charge in [0.2, 0.25) is 0 Å². The number of amides is 1. The van der Waals surface area contributed by atoms with E-state index >= 15 is 0 Å². The summed E-state index contributed by atoms with van der Waals surface area (Å²) < 4.78 is 19.2. The van der Waals surface area contributed by atoms with Gasteiger partial charge in [0.15, 0.2) is 0 Å². The quantitative estimate of drug-likeness (QED) is 0.886.